The first-order valence-electron chi connectivity index (χ1n) is 6.57. The number of anilines is 1. The van der Waals surface area contributed by atoms with Gasteiger partial charge in [-0.2, -0.15) is 5.10 Å². The van der Waals surface area contributed by atoms with Crippen LogP contribution in [0.15, 0.2) is 39.0 Å². The summed E-state index contributed by atoms with van der Waals surface area (Å²) < 4.78 is 7.02. The van der Waals surface area contributed by atoms with E-state index < -0.39 is 11.2 Å². The van der Waals surface area contributed by atoms with Crippen LogP contribution >= 0.6 is 0 Å². The van der Waals surface area contributed by atoms with Crippen LogP contribution in [0.25, 0.3) is 4.98 Å². The molecule has 0 amide bonds. The molecule has 0 radical (unpaired) electrons. The summed E-state index contributed by atoms with van der Waals surface area (Å²) in [7, 11) is 4.30. The predicted molar refractivity (Wildman–Crippen MR) is 85.9 cm³/mol. The molecule has 0 fully saturated rings. The molecule has 0 spiro atoms. The van der Waals surface area contributed by atoms with Crippen molar-refractivity contribution in [2.75, 3.05) is 12.5 Å². The summed E-state index contributed by atoms with van der Waals surface area (Å²) in [5, 5.41) is 13.0. The van der Waals surface area contributed by atoms with Crippen LogP contribution in [-0.2, 0) is 14.1 Å². The van der Waals surface area contributed by atoms with Crippen LogP contribution in [0.2, 0.25) is 0 Å². The van der Waals surface area contributed by atoms with E-state index in [1.165, 1.54) is 20.3 Å². The van der Waals surface area contributed by atoms with Crippen molar-refractivity contribution in [1.82, 2.24) is 9.13 Å². The summed E-state index contributed by atoms with van der Waals surface area (Å²) in [4.78, 5) is 26.7. The number of nitrogens with one attached hydrogen (secondary N) is 1. The summed E-state index contributed by atoms with van der Waals surface area (Å²) in [6, 6.07) is 7.10. The average Bonchev–Trinajstić information content (AvgIpc) is 2.58. The summed E-state index contributed by atoms with van der Waals surface area (Å²) >= 11 is 0. The molecule has 0 unspecified atom stereocenters. The molecule has 1 N–H and O–H groups in total. The minimum absolute atomic E-state index is 0.00892. The molecule has 9 nitrogen and oxygen atoms in total. The molecule has 0 atom stereocenters. The van der Waals surface area contributed by atoms with E-state index >= 15 is 0 Å². The topological polar surface area (TPSA) is 106 Å². The highest BCUT2D eigenvalue weighted by Gasteiger charge is 2.26. The Kier molecular flexibility index (Phi) is 4.56. The van der Waals surface area contributed by atoms with E-state index in [1.807, 2.05) is 0 Å². The normalized spacial score (nSPS) is 10.5. The van der Waals surface area contributed by atoms with Gasteiger partial charge in [0, 0.05) is 14.1 Å². The first-order chi connectivity index (χ1) is 11.0. The quantitative estimate of drug-likeness (QED) is 0.515. The van der Waals surface area contributed by atoms with Crippen molar-refractivity contribution in [1.29, 1.82) is 5.39 Å². The van der Waals surface area contributed by atoms with Gasteiger partial charge in [0.05, 0.1) is 13.3 Å². The zero-order valence-corrected chi connectivity index (χ0v) is 12.8. The van der Waals surface area contributed by atoms with Crippen LogP contribution in [0.4, 0.5) is 11.5 Å². The van der Waals surface area contributed by atoms with E-state index in [0.29, 0.717) is 5.75 Å². The molecule has 23 heavy (non-hydrogen) atoms. The molecule has 1 aromatic carbocycles. The van der Waals surface area contributed by atoms with Crippen molar-refractivity contribution >= 4 is 17.7 Å². The Labute approximate surface area is 131 Å². The second-order valence-electron chi connectivity index (χ2n) is 4.65. The zero-order chi connectivity index (χ0) is 17.0. The Balaban J connectivity index is 2.33. The van der Waals surface area contributed by atoms with Crippen molar-refractivity contribution in [2.45, 2.75) is 0 Å². The van der Waals surface area contributed by atoms with Gasteiger partial charge in [-0.25, -0.2) is 4.79 Å². The SMILES string of the molecule is COc1ccc(C=NNc2c([N+]#N)c(=O)n(C)c(=O)n2C)cc1. The minimum Gasteiger partial charge on any atom is -0.497 e. The highest BCUT2D eigenvalue weighted by atomic mass is 16.5. The van der Waals surface area contributed by atoms with E-state index in [1.54, 1.807) is 31.4 Å². The minimum atomic E-state index is -0.724. The predicted octanol–water partition coefficient (Wildman–Crippen LogP) is 1.02. The van der Waals surface area contributed by atoms with Crippen LogP contribution in [0.1, 0.15) is 5.56 Å². The number of benzene rings is 1. The first kappa shape index (κ1) is 16.0. The Morgan fingerprint density at radius 2 is 1.87 bits per heavy atom. The molecule has 0 aliphatic rings. The van der Waals surface area contributed by atoms with Gasteiger partial charge in [-0.3, -0.25) is 19.4 Å². The number of methoxy groups -OCH3 is 1. The summed E-state index contributed by atoms with van der Waals surface area (Å²) in [5.41, 5.74) is 1.73. The van der Waals surface area contributed by atoms with Gasteiger partial charge in [-0.15, -0.1) is 0 Å². The van der Waals surface area contributed by atoms with E-state index in [-0.39, 0.29) is 11.5 Å². The largest absolute Gasteiger partial charge is 0.497 e. The van der Waals surface area contributed by atoms with E-state index in [9.17, 15) is 9.59 Å². The van der Waals surface area contributed by atoms with Gasteiger partial charge in [-0.05, 0) is 29.8 Å². The van der Waals surface area contributed by atoms with E-state index in [2.05, 4.69) is 15.5 Å². The maximum Gasteiger partial charge on any atom is 0.491 e. The number of hydrogen-bond donors (Lipinski definition) is 1. The van der Waals surface area contributed by atoms with E-state index in [4.69, 9.17) is 10.1 Å². The number of ether oxygens (including phenoxy) is 1. The van der Waals surface area contributed by atoms with Crippen molar-refractivity contribution in [3.8, 4) is 5.75 Å². The summed E-state index contributed by atoms with van der Waals surface area (Å²) in [6.45, 7) is 0. The highest BCUT2D eigenvalue weighted by Crippen LogP contribution is 2.17. The van der Waals surface area contributed by atoms with Crippen LogP contribution in [0.5, 0.6) is 5.75 Å². The monoisotopic (exact) mass is 315 g/mol. The maximum absolute atomic E-state index is 11.9. The number of hydrogen-bond acceptors (Lipinski definition) is 6. The highest BCUT2D eigenvalue weighted by molar-refractivity contribution is 5.80. The van der Waals surface area contributed by atoms with Crippen molar-refractivity contribution in [2.24, 2.45) is 19.2 Å². The second kappa shape index (κ2) is 6.57. The zero-order valence-electron chi connectivity index (χ0n) is 12.8. The van der Waals surface area contributed by atoms with Gasteiger partial charge in [0.25, 0.3) is 0 Å². The summed E-state index contributed by atoms with van der Waals surface area (Å²) in [5.74, 6) is 0.704. The number of diazo groups is 1. The van der Waals surface area contributed by atoms with Gasteiger partial charge in [-0.1, -0.05) is 0 Å². The Morgan fingerprint density at radius 1 is 1.22 bits per heavy atom. The molecule has 2 rings (SSSR count). The Bertz CT molecular complexity index is 902. The number of nitrogens with zero attached hydrogens (tertiary/aromatic N) is 5. The van der Waals surface area contributed by atoms with Gasteiger partial charge < -0.3 is 4.74 Å². The molecule has 0 bridgehead atoms. The summed E-state index contributed by atoms with van der Waals surface area (Å²) in [6.07, 6.45) is 1.49. The van der Waals surface area contributed by atoms with Crippen molar-refractivity contribution < 1.29 is 4.74 Å². The van der Waals surface area contributed by atoms with Crippen molar-refractivity contribution in [3.63, 3.8) is 0 Å². The molecule has 0 aliphatic heterocycles. The van der Waals surface area contributed by atoms with E-state index in [0.717, 1.165) is 14.7 Å². The fourth-order valence-corrected chi connectivity index (χ4v) is 1.90. The lowest BCUT2D eigenvalue weighted by Gasteiger charge is -2.05. The first-order valence-corrected chi connectivity index (χ1v) is 6.57. The fraction of sp³-hybridized carbons (Fsp3) is 0.214. The standard InChI is InChI=1S/C14H14N6O3/c1-19-12(11(17-15)13(21)20(2)14(19)22)18-16-8-9-4-6-10(23-3)7-5-9/h4-8H,1-3H3/p+1. The lowest BCUT2D eigenvalue weighted by Crippen LogP contribution is -2.37. The maximum atomic E-state index is 11.9. The fourth-order valence-electron chi connectivity index (χ4n) is 1.90. The average molecular weight is 315 g/mol. The lowest BCUT2D eigenvalue weighted by molar-refractivity contribution is 0.415. The molecule has 9 heteroatoms. The van der Waals surface area contributed by atoms with Gasteiger partial charge >= 0.3 is 16.9 Å². The second-order valence-corrected chi connectivity index (χ2v) is 4.65. The molecule has 118 valence electrons. The van der Waals surface area contributed by atoms with Gasteiger partial charge in [0.15, 0.2) is 4.98 Å². The van der Waals surface area contributed by atoms with Crippen LogP contribution < -0.4 is 21.4 Å². The third-order valence-electron chi connectivity index (χ3n) is 3.24. The number of hydrazone groups is 1. The smallest absolute Gasteiger partial charge is 0.491 e. The van der Waals surface area contributed by atoms with Crippen molar-refractivity contribution in [3.05, 3.63) is 55.6 Å². The third-order valence-corrected chi connectivity index (χ3v) is 3.24. The van der Waals surface area contributed by atoms with Crippen LogP contribution in [0.3, 0.4) is 0 Å². The Morgan fingerprint density at radius 3 is 2.43 bits per heavy atom. The molecular formula is C14H15N6O3+. The molecular weight excluding hydrogens is 300 g/mol. The van der Waals surface area contributed by atoms with Crippen LogP contribution in [0, 0.1) is 5.39 Å². The Hall–Kier alpha value is -3.41. The third kappa shape index (κ3) is 3.11. The molecule has 0 aliphatic carbocycles. The number of rotatable bonds is 4. The molecule has 1 aromatic heterocycles. The lowest BCUT2D eigenvalue weighted by atomic mass is 10.2. The van der Waals surface area contributed by atoms with Gasteiger partial charge in [0.1, 0.15) is 5.75 Å². The van der Waals surface area contributed by atoms with Gasteiger partial charge in [0.2, 0.25) is 11.2 Å². The molecule has 1 heterocycles. The molecule has 2 aromatic rings. The van der Waals surface area contributed by atoms with Crippen LogP contribution in [-0.4, -0.2) is 22.5 Å². The number of aromatic nitrogens is 2. The molecule has 0 saturated heterocycles. The molecule has 0 saturated carbocycles.